The summed E-state index contributed by atoms with van der Waals surface area (Å²) in [6, 6.07) is 0. The molecule has 0 aliphatic carbocycles. The number of carbonyl (C=O) groups is 1. The van der Waals surface area contributed by atoms with Crippen molar-refractivity contribution in [3.05, 3.63) is 32.6 Å². The van der Waals surface area contributed by atoms with Crippen molar-refractivity contribution < 1.29 is 18.5 Å². The fourth-order valence-electron chi connectivity index (χ4n) is 0.983. The lowest BCUT2D eigenvalue weighted by Gasteiger charge is -2.05. The van der Waals surface area contributed by atoms with Gasteiger partial charge in [0.05, 0.1) is 10.5 Å². The minimum atomic E-state index is -3.09. The minimum Gasteiger partial charge on any atom is -0.298 e. The van der Waals surface area contributed by atoms with Crippen molar-refractivity contribution in [2.45, 2.75) is 6.43 Å². The van der Waals surface area contributed by atoms with Crippen molar-refractivity contribution in [2.24, 2.45) is 0 Å². The topological polar surface area (TPSA) is 73.1 Å². The lowest BCUT2D eigenvalue weighted by atomic mass is 10.1. The average molecular weight is 237 g/mol. The Morgan fingerprint density at radius 2 is 2.20 bits per heavy atom. The maximum absolute atomic E-state index is 12.4. The molecule has 0 atom stereocenters. The van der Waals surface area contributed by atoms with Crippen molar-refractivity contribution in [2.75, 3.05) is 0 Å². The third-order valence-electron chi connectivity index (χ3n) is 1.62. The Morgan fingerprint density at radius 3 is 2.60 bits per heavy atom. The van der Waals surface area contributed by atoms with Crippen LogP contribution in [0.25, 0.3) is 0 Å². The van der Waals surface area contributed by atoms with E-state index in [4.69, 9.17) is 11.6 Å². The van der Waals surface area contributed by atoms with Gasteiger partial charge in [-0.25, -0.2) is 13.8 Å². The molecule has 0 spiro atoms. The number of hydrogen-bond acceptors (Lipinski definition) is 4. The van der Waals surface area contributed by atoms with Crippen LogP contribution in [0.15, 0.2) is 6.20 Å². The van der Waals surface area contributed by atoms with Crippen LogP contribution in [0.3, 0.4) is 0 Å². The average Bonchev–Trinajstić information content (AvgIpc) is 2.15. The largest absolute Gasteiger partial charge is 0.298 e. The molecule has 0 N–H and O–H groups in total. The summed E-state index contributed by atoms with van der Waals surface area (Å²) in [5.41, 5.74) is -2.44. The fraction of sp³-hybridized carbons (Fsp3) is 0.143. The van der Waals surface area contributed by atoms with Crippen molar-refractivity contribution in [3.8, 4) is 0 Å². The lowest BCUT2D eigenvalue weighted by Crippen LogP contribution is -2.02. The molecule has 1 aromatic rings. The number of carbonyl (C=O) groups excluding carboxylic acids is 1. The lowest BCUT2D eigenvalue weighted by molar-refractivity contribution is -0.385. The number of hydrogen-bond donors (Lipinski definition) is 0. The van der Waals surface area contributed by atoms with Crippen molar-refractivity contribution in [3.63, 3.8) is 0 Å². The van der Waals surface area contributed by atoms with E-state index in [-0.39, 0.29) is 6.29 Å². The number of nitrogens with zero attached hydrogens (tertiary/aromatic N) is 2. The van der Waals surface area contributed by atoms with E-state index in [1.165, 1.54) is 0 Å². The molecule has 80 valence electrons. The van der Waals surface area contributed by atoms with Crippen molar-refractivity contribution in [1.82, 2.24) is 4.98 Å². The predicted octanol–water partition coefficient (Wildman–Crippen LogP) is 2.39. The van der Waals surface area contributed by atoms with Gasteiger partial charge >= 0.3 is 0 Å². The molecule has 0 saturated heterocycles. The number of nitro groups is 1. The summed E-state index contributed by atoms with van der Waals surface area (Å²) < 4.78 is 24.8. The highest BCUT2D eigenvalue weighted by atomic mass is 35.5. The zero-order valence-corrected chi connectivity index (χ0v) is 7.74. The second kappa shape index (κ2) is 4.26. The molecule has 1 aromatic heterocycles. The summed E-state index contributed by atoms with van der Waals surface area (Å²) in [6.07, 6.45) is -2.46. The second-order valence-electron chi connectivity index (χ2n) is 2.44. The van der Waals surface area contributed by atoms with Gasteiger partial charge in [-0.2, -0.15) is 0 Å². The molecule has 1 heterocycles. The number of aldehydes is 1. The summed E-state index contributed by atoms with van der Waals surface area (Å²) in [4.78, 5) is 23.1. The Kier molecular flexibility index (Phi) is 3.25. The van der Waals surface area contributed by atoms with Crippen LogP contribution in [0, 0.1) is 10.1 Å². The van der Waals surface area contributed by atoms with E-state index in [1.807, 2.05) is 0 Å². The SMILES string of the molecule is O=Cc1c([N+](=O)[O-])cnc(Cl)c1C(F)F. The Bertz CT molecular complexity index is 425. The van der Waals surface area contributed by atoms with Crippen LogP contribution in [0.1, 0.15) is 22.3 Å². The van der Waals surface area contributed by atoms with Crippen LogP contribution < -0.4 is 0 Å². The maximum Gasteiger partial charge on any atom is 0.298 e. The highest BCUT2D eigenvalue weighted by Gasteiger charge is 2.26. The molecule has 0 aromatic carbocycles. The molecule has 0 fully saturated rings. The Morgan fingerprint density at radius 1 is 1.60 bits per heavy atom. The summed E-state index contributed by atoms with van der Waals surface area (Å²) in [6.45, 7) is 0. The molecule has 5 nitrogen and oxygen atoms in total. The smallest absolute Gasteiger partial charge is 0.298 e. The molecular formula is C7H3ClF2N2O3. The zero-order chi connectivity index (χ0) is 11.6. The van der Waals surface area contributed by atoms with Crippen LogP contribution in [0.4, 0.5) is 14.5 Å². The molecule has 0 amide bonds. The van der Waals surface area contributed by atoms with E-state index >= 15 is 0 Å². The Balaban J connectivity index is 3.54. The van der Waals surface area contributed by atoms with Gasteiger partial charge in [0, 0.05) is 0 Å². The van der Waals surface area contributed by atoms with Crippen molar-refractivity contribution >= 4 is 23.6 Å². The first-order valence-electron chi connectivity index (χ1n) is 3.55. The summed E-state index contributed by atoms with van der Waals surface area (Å²) in [5, 5.41) is 9.77. The number of pyridine rings is 1. The first-order valence-corrected chi connectivity index (χ1v) is 3.93. The Labute approximate surface area is 86.8 Å². The molecule has 0 aliphatic rings. The fourth-order valence-corrected chi connectivity index (χ4v) is 1.22. The maximum atomic E-state index is 12.4. The first kappa shape index (κ1) is 11.4. The molecule has 0 saturated carbocycles. The van der Waals surface area contributed by atoms with Crippen LogP contribution in [0.5, 0.6) is 0 Å². The quantitative estimate of drug-likeness (QED) is 0.350. The van der Waals surface area contributed by atoms with E-state index in [1.54, 1.807) is 0 Å². The predicted molar refractivity (Wildman–Crippen MR) is 46.2 cm³/mol. The van der Waals surface area contributed by atoms with Gasteiger partial charge in [-0.05, 0) is 0 Å². The minimum absolute atomic E-state index is 0.0345. The highest BCUT2D eigenvalue weighted by molar-refractivity contribution is 6.30. The molecule has 0 aliphatic heterocycles. The second-order valence-corrected chi connectivity index (χ2v) is 2.80. The van der Waals surface area contributed by atoms with Gasteiger partial charge in [-0.1, -0.05) is 11.6 Å². The van der Waals surface area contributed by atoms with Gasteiger partial charge in [0.2, 0.25) is 0 Å². The molecular weight excluding hydrogens is 234 g/mol. The normalized spacial score (nSPS) is 10.4. The number of aromatic nitrogens is 1. The van der Waals surface area contributed by atoms with E-state index in [9.17, 15) is 23.7 Å². The number of rotatable bonds is 3. The summed E-state index contributed by atoms with van der Waals surface area (Å²) in [7, 11) is 0. The van der Waals surface area contributed by atoms with Gasteiger partial charge in [0.15, 0.2) is 6.29 Å². The molecule has 0 radical (unpaired) electrons. The van der Waals surface area contributed by atoms with Gasteiger partial charge in [-0.3, -0.25) is 14.9 Å². The van der Waals surface area contributed by atoms with Gasteiger partial charge in [-0.15, -0.1) is 0 Å². The molecule has 0 bridgehead atoms. The van der Waals surface area contributed by atoms with Crippen LogP contribution in [-0.4, -0.2) is 16.2 Å². The van der Waals surface area contributed by atoms with Crippen LogP contribution in [0.2, 0.25) is 5.15 Å². The highest BCUT2D eigenvalue weighted by Crippen LogP contribution is 2.32. The van der Waals surface area contributed by atoms with Crippen LogP contribution >= 0.6 is 11.6 Å². The van der Waals surface area contributed by atoms with E-state index in [0.717, 1.165) is 0 Å². The van der Waals surface area contributed by atoms with Gasteiger partial charge in [0.1, 0.15) is 16.9 Å². The summed E-state index contributed by atoms with van der Waals surface area (Å²) >= 11 is 5.31. The third kappa shape index (κ3) is 2.07. The third-order valence-corrected chi connectivity index (χ3v) is 1.92. The van der Waals surface area contributed by atoms with Crippen LogP contribution in [-0.2, 0) is 0 Å². The van der Waals surface area contributed by atoms with Crippen molar-refractivity contribution in [1.29, 1.82) is 0 Å². The molecule has 1 rings (SSSR count). The number of halogens is 3. The Hall–Kier alpha value is -1.63. The standard InChI is InChI=1S/C7H3ClF2N2O3/c8-6-5(7(9)10)3(2-13)4(1-11-6)12(14)15/h1-2,7H. The summed E-state index contributed by atoms with van der Waals surface area (Å²) in [5.74, 6) is 0. The zero-order valence-electron chi connectivity index (χ0n) is 6.99. The molecule has 8 heteroatoms. The molecule has 0 unspecified atom stereocenters. The van der Waals surface area contributed by atoms with E-state index < -0.39 is 33.3 Å². The monoisotopic (exact) mass is 236 g/mol. The van der Waals surface area contributed by atoms with Gasteiger partial charge < -0.3 is 0 Å². The number of alkyl halides is 2. The first-order chi connectivity index (χ1) is 6.99. The van der Waals surface area contributed by atoms with Gasteiger partial charge in [0.25, 0.3) is 12.1 Å². The van der Waals surface area contributed by atoms with E-state index in [0.29, 0.717) is 6.20 Å². The van der Waals surface area contributed by atoms with E-state index in [2.05, 4.69) is 4.98 Å². The molecule has 15 heavy (non-hydrogen) atoms.